The summed E-state index contributed by atoms with van der Waals surface area (Å²) in [6.07, 6.45) is 3.97. The number of likely N-dealkylation sites (N-methyl/N-ethyl adjacent to an activating group) is 1. The van der Waals surface area contributed by atoms with E-state index in [-0.39, 0.29) is 0 Å². The molecule has 2 N–H and O–H groups in total. The molecule has 0 amide bonds. The number of nitrogens with zero attached hydrogens (tertiary/aromatic N) is 1. The fourth-order valence-corrected chi connectivity index (χ4v) is 3.49. The van der Waals surface area contributed by atoms with Crippen molar-refractivity contribution >= 4 is 0 Å². The Balaban J connectivity index is 2.66. The summed E-state index contributed by atoms with van der Waals surface area (Å²) >= 11 is 0. The highest BCUT2D eigenvalue weighted by Crippen LogP contribution is 2.46. The van der Waals surface area contributed by atoms with Gasteiger partial charge in [0.2, 0.25) is 0 Å². The fourth-order valence-electron chi connectivity index (χ4n) is 3.49. The SMILES string of the molecule is CN(CCN)C1CC(C)(C)CC(C)(C)C1. The predicted molar refractivity (Wildman–Crippen MR) is 66.9 cm³/mol. The topological polar surface area (TPSA) is 29.3 Å². The van der Waals surface area contributed by atoms with E-state index in [1.54, 1.807) is 0 Å². The van der Waals surface area contributed by atoms with Crippen molar-refractivity contribution in [2.45, 2.75) is 53.0 Å². The van der Waals surface area contributed by atoms with Crippen molar-refractivity contribution < 1.29 is 0 Å². The van der Waals surface area contributed by atoms with E-state index < -0.39 is 0 Å². The van der Waals surface area contributed by atoms with Crippen molar-refractivity contribution in [2.75, 3.05) is 20.1 Å². The molecule has 2 heteroatoms. The van der Waals surface area contributed by atoms with Crippen molar-refractivity contribution in [1.29, 1.82) is 0 Å². The van der Waals surface area contributed by atoms with Crippen LogP contribution in [0.25, 0.3) is 0 Å². The molecule has 0 spiro atoms. The van der Waals surface area contributed by atoms with E-state index in [2.05, 4.69) is 39.6 Å². The summed E-state index contributed by atoms with van der Waals surface area (Å²) in [6.45, 7) is 11.4. The minimum atomic E-state index is 0.481. The maximum absolute atomic E-state index is 5.63. The first-order valence-electron chi connectivity index (χ1n) is 6.16. The Morgan fingerprint density at radius 3 is 2.00 bits per heavy atom. The second kappa shape index (κ2) is 4.42. The minimum absolute atomic E-state index is 0.481. The molecule has 15 heavy (non-hydrogen) atoms. The van der Waals surface area contributed by atoms with E-state index in [1.165, 1.54) is 19.3 Å². The highest BCUT2D eigenvalue weighted by molar-refractivity contribution is 4.92. The highest BCUT2D eigenvalue weighted by atomic mass is 15.1. The summed E-state index contributed by atoms with van der Waals surface area (Å²) in [5.41, 5.74) is 6.59. The predicted octanol–water partition coefficient (Wildman–Crippen LogP) is 2.48. The Labute approximate surface area is 95.2 Å². The first-order valence-corrected chi connectivity index (χ1v) is 6.16. The van der Waals surface area contributed by atoms with E-state index in [1.807, 2.05) is 0 Å². The van der Waals surface area contributed by atoms with Gasteiger partial charge in [-0.05, 0) is 37.1 Å². The molecular weight excluding hydrogens is 184 g/mol. The zero-order valence-corrected chi connectivity index (χ0v) is 11.1. The normalized spacial score (nSPS) is 25.8. The molecule has 0 aromatic rings. The summed E-state index contributed by atoms with van der Waals surface area (Å²) in [5, 5.41) is 0. The summed E-state index contributed by atoms with van der Waals surface area (Å²) in [5.74, 6) is 0. The highest BCUT2D eigenvalue weighted by Gasteiger charge is 2.39. The summed E-state index contributed by atoms with van der Waals surface area (Å²) in [6, 6.07) is 0.715. The van der Waals surface area contributed by atoms with Crippen molar-refractivity contribution in [3.05, 3.63) is 0 Å². The molecule has 1 rings (SSSR count). The van der Waals surface area contributed by atoms with Gasteiger partial charge < -0.3 is 10.6 Å². The number of hydrogen-bond acceptors (Lipinski definition) is 2. The lowest BCUT2D eigenvalue weighted by Gasteiger charge is -2.47. The van der Waals surface area contributed by atoms with E-state index in [0.29, 0.717) is 16.9 Å². The maximum atomic E-state index is 5.63. The third-order valence-electron chi connectivity index (χ3n) is 3.64. The first-order chi connectivity index (χ1) is 6.76. The van der Waals surface area contributed by atoms with Crippen molar-refractivity contribution in [3.8, 4) is 0 Å². The quantitative estimate of drug-likeness (QED) is 0.779. The molecule has 0 aromatic carbocycles. The summed E-state index contributed by atoms with van der Waals surface area (Å²) in [4.78, 5) is 2.45. The van der Waals surface area contributed by atoms with Gasteiger partial charge in [-0.1, -0.05) is 27.7 Å². The minimum Gasteiger partial charge on any atom is -0.329 e. The van der Waals surface area contributed by atoms with E-state index in [0.717, 1.165) is 13.1 Å². The van der Waals surface area contributed by atoms with Gasteiger partial charge in [0, 0.05) is 19.1 Å². The molecule has 1 aliphatic rings. The lowest BCUT2D eigenvalue weighted by Crippen LogP contribution is -2.46. The molecule has 0 radical (unpaired) electrons. The van der Waals surface area contributed by atoms with E-state index >= 15 is 0 Å². The van der Waals surface area contributed by atoms with Gasteiger partial charge in [-0.3, -0.25) is 0 Å². The second-order valence-electron chi connectivity index (χ2n) is 6.84. The number of nitrogens with two attached hydrogens (primary N) is 1. The largest absolute Gasteiger partial charge is 0.329 e. The van der Waals surface area contributed by atoms with Crippen LogP contribution in [0.5, 0.6) is 0 Å². The van der Waals surface area contributed by atoms with Crippen LogP contribution in [0.3, 0.4) is 0 Å². The molecule has 0 atom stereocenters. The Kier molecular flexibility index (Phi) is 3.83. The van der Waals surface area contributed by atoms with Crippen molar-refractivity contribution in [1.82, 2.24) is 4.90 Å². The van der Waals surface area contributed by atoms with Gasteiger partial charge in [0.05, 0.1) is 0 Å². The summed E-state index contributed by atoms with van der Waals surface area (Å²) < 4.78 is 0. The van der Waals surface area contributed by atoms with Gasteiger partial charge in [0.15, 0.2) is 0 Å². The fraction of sp³-hybridized carbons (Fsp3) is 1.00. The van der Waals surface area contributed by atoms with Crippen LogP contribution < -0.4 is 5.73 Å². The average Bonchev–Trinajstić information content (AvgIpc) is 1.98. The van der Waals surface area contributed by atoms with Crippen LogP contribution in [-0.4, -0.2) is 31.1 Å². The summed E-state index contributed by atoms with van der Waals surface area (Å²) in [7, 11) is 2.22. The number of hydrogen-bond donors (Lipinski definition) is 1. The van der Waals surface area contributed by atoms with Crippen LogP contribution in [0.4, 0.5) is 0 Å². The second-order valence-corrected chi connectivity index (χ2v) is 6.84. The molecule has 90 valence electrons. The Morgan fingerprint density at radius 2 is 1.60 bits per heavy atom. The third-order valence-corrected chi connectivity index (χ3v) is 3.64. The first kappa shape index (κ1) is 13.0. The third kappa shape index (κ3) is 3.76. The van der Waals surface area contributed by atoms with E-state index in [4.69, 9.17) is 5.73 Å². The van der Waals surface area contributed by atoms with Gasteiger partial charge in [-0.15, -0.1) is 0 Å². The maximum Gasteiger partial charge on any atom is 0.0104 e. The van der Waals surface area contributed by atoms with Gasteiger partial charge in [-0.2, -0.15) is 0 Å². The molecule has 0 unspecified atom stereocenters. The number of rotatable bonds is 3. The van der Waals surface area contributed by atoms with Gasteiger partial charge in [0.1, 0.15) is 0 Å². The van der Waals surface area contributed by atoms with Crippen LogP contribution in [0.2, 0.25) is 0 Å². The van der Waals surface area contributed by atoms with Crippen LogP contribution >= 0.6 is 0 Å². The monoisotopic (exact) mass is 212 g/mol. The molecule has 2 nitrogen and oxygen atoms in total. The van der Waals surface area contributed by atoms with Crippen LogP contribution in [0.1, 0.15) is 47.0 Å². The molecule has 1 saturated carbocycles. The van der Waals surface area contributed by atoms with Crippen molar-refractivity contribution in [3.63, 3.8) is 0 Å². The van der Waals surface area contributed by atoms with E-state index in [9.17, 15) is 0 Å². The average molecular weight is 212 g/mol. The lowest BCUT2D eigenvalue weighted by atomic mass is 9.63. The Hall–Kier alpha value is -0.0800. The molecule has 0 aromatic heterocycles. The Bertz CT molecular complexity index is 193. The smallest absolute Gasteiger partial charge is 0.0104 e. The standard InChI is InChI=1S/C13H28N2/c1-12(2)8-11(15(5)7-6-14)9-13(3,4)10-12/h11H,6-10,14H2,1-5H3. The molecular formula is C13H28N2. The lowest BCUT2D eigenvalue weighted by molar-refractivity contribution is 0.0367. The van der Waals surface area contributed by atoms with Crippen LogP contribution in [0.15, 0.2) is 0 Å². The Morgan fingerprint density at radius 1 is 1.13 bits per heavy atom. The zero-order valence-electron chi connectivity index (χ0n) is 11.1. The molecule has 0 saturated heterocycles. The van der Waals surface area contributed by atoms with Gasteiger partial charge in [0.25, 0.3) is 0 Å². The van der Waals surface area contributed by atoms with Gasteiger partial charge in [-0.25, -0.2) is 0 Å². The van der Waals surface area contributed by atoms with Crippen LogP contribution in [0, 0.1) is 10.8 Å². The molecule has 0 heterocycles. The molecule has 1 fully saturated rings. The van der Waals surface area contributed by atoms with Crippen LogP contribution in [-0.2, 0) is 0 Å². The molecule has 1 aliphatic carbocycles. The zero-order chi connectivity index (χ0) is 11.7. The van der Waals surface area contributed by atoms with Crippen molar-refractivity contribution in [2.24, 2.45) is 16.6 Å². The molecule has 0 bridgehead atoms. The molecule has 0 aliphatic heterocycles. The van der Waals surface area contributed by atoms with Gasteiger partial charge >= 0.3 is 0 Å².